The fraction of sp³-hybridized carbons (Fsp3) is 0.375. The molecule has 2 atom stereocenters. The molecule has 0 aliphatic carbocycles. The van der Waals surface area contributed by atoms with Crippen LogP contribution in [-0.2, 0) is 6.54 Å². The van der Waals surface area contributed by atoms with Gasteiger partial charge in [0.2, 0.25) is 5.89 Å². The number of aryl methyl sites for hydroxylation is 1. The average Bonchev–Trinajstić information content (AvgIpc) is 3.24. The van der Waals surface area contributed by atoms with Gasteiger partial charge in [-0.25, -0.2) is 4.98 Å². The molecule has 3 aromatic rings. The van der Waals surface area contributed by atoms with Crippen molar-refractivity contribution < 1.29 is 4.42 Å². The molecule has 0 fully saturated rings. The molecule has 0 saturated carbocycles. The number of thiophene rings is 1. The number of hydrogen-bond acceptors (Lipinski definition) is 5. The predicted molar refractivity (Wildman–Crippen MR) is 87.8 cm³/mol. The predicted octanol–water partition coefficient (Wildman–Crippen LogP) is 3.65. The quantitative estimate of drug-likeness (QED) is 0.754. The second-order valence-corrected chi connectivity index (χ2v) is 6.48. The molecule has 5 nitrogen and oxygen atoms in total. The molecule has 0 saturated heterocycles. The van der Waals surface area contributed by atoms with E-state index in [0.29, 0.717) is 12.4 Å². The molecule has 1 N–H and O–H groups in total. The molecule has 3 aromatic heterocycles. The Morgan fingerprint density at radius 2 is 2.27 bits per heavy atom. The first-order chi connectivity index (χ1) is 10.6. The van der Waals surface area contributed by atoms with E-state index in [4.69, 9.17) is 4.42 Å². The van der Waals surface area contributed by atoms with Crippen molar-refractivity contribution in [3.05, 3.63) is 47.4 Å². The van der Waals surface area contributed by atoms with E-state index in [-0.39, 0.29) is 12.1 Å². The van der Waals surface area contributed by atoms with Gasteiger partial charge in [-0.15, -0.1) is 11.3 Å². The summed E-state index contributed by atoms with van der Waals surface area (Å²) in [7, 11) is 0. The summed E-state index contributed by atoms with van der Waals surface area (Å²) >= 11 is 1.63. The van der Waals surface area contributed by atoms with E-state index in [9.17, 15) is 0 Å². The van der Waals surface area contributed by atoms with Gasteiger partial charge < -0.3 is 9.73 Å². The van der Waals surface area contributed by atoms with Crippen LogP contribution in [0.5, 0.6) is 0 Å². The van der Waals surface area contributed by atoms with E-state index in [1.165, 1.54) is 5.56 Å². The molecule has 22 heavy (non-hydrogen) atoms. The summed E-state index contributed by atoms with van der Waals surface area (Å²) in [6.45, 7) is 7.04. The molecular formula is C16H20N4OS. The van der Waals surface area contributed by atoms with Crippen LogP contribution in [-0.4, -0.2) is 20.8 Å². The summed E-state index contributed by atoms with van der Waals surface area (Å²) in [4.78, 5) is 5.57. The lowest BCUT2D eigenvalue weighted by Gasteiger charge is -2.21. The Bertz CT molecular complexity index is 716. The van der Waals surface area contributed by atoms with E-state index < -0.39 is 0 Å². The molecule has 3 heterocycles. The van der Waals surface area contributed by atoms with Gasteiger partial charge in [0.05, 0.1) is 22.8 Å². The topological polar surface area (TPSA) is 55.9 Å². The number of hydrogen-bond donors (Lipinski definition) is 1. The maximum Gasteiger partial charge on any atom is 0.236 e. The molecule has 6 heteroatoms. The summed E-state index contributed by atoms with van der Waals surface area (Å²) in [6, 6.07) is 4.56. The third-order valence-corrected chi connectivity index (χ3v) is 4.62. The molecule has 116 valence electrons. The van der Waals surface area contributed by atoms with Crippen molar-refractivity contribution in [3.8, 4) is 10.8 Å². The zero-order valence-corrected chi connectivity index (χ0v) is 13.8. The highest BCUT2D eigenvalue weighted by Crippen LogP contribution is 2.23. The summed E-state index contributed by atoms with van der Waals surface area (Å²) < 4.78 is 7.52. The van der Waals surface area contributed by atoms with E-state index in [1.807, 2.05) is 28.4 Å². The Balaban J connectivity index is 1.58. The monoisotopic (exact) mass is 316 g/mol. The minimum atomic E-state index is 0.275. The Hall–Kier alpha value is -1.92. The minimum Gasteiger partial charge on any atom is -0.444 e. The highest BCUT2D eigenvalue weighted by Gasteiger charge is 2.15. The Morgan fingerprint density at radius 3 is 2.95 bits per heavy atom. The zero-order chi connectivity index (χ0) is 15.5. The zero-order valence-electron chi connectivity index (χ0n) is 13.0. The summed E-state index contributed by atoms with van der Waals surface area (Å²) in [5.74, 6) is 0.690. The number of aromatic nitrogens is 3. The van der Waals surface area contributed by atoms with Crippen LogP contribution in [0.1, 0.15) is 31.1 Å². The van der Waals surface area contributed by atoms with Gasteiger partial charge in [0.25, 0.3) is 0 Å². The SMILES string of the molecule is Cc1cnn([C@@H](C)[C@@H](C)NCc2coc(-c3cccs3)n2)c1. The van der Waals surface area contributed by atoms with Gasteiger partial charge in [0, 0.05) is 18.8 Å². The number of oxazole rings is 1. The Labute approximate surface area is 134 Å². The van der Waals surface area contributed by atoms with Gasteiger partial charge in [0.15, 0.2) is 0 Å². The Morgan fingerprint density at radius 1 is 1.41 bits per heavy atom. The Kier molecular flexibility index (Phi) is 4.40. The normalized spacial score (nSPS) is 14.1. The maximum atomic E-state index is 5.53. The average molecular weight is 316 g/mol. The maximum absolute atomic E-state index is 5.53. The van der Waals surface area contributed by atoms with Crippen molar-refractivity contribution in [3.63, 3.8) is 0 Å². The fourth-order valence-electron chi connectivity index (χ4n) is 2.22. The lowest BCUT2D eigenvalue weighted by atomic mass is 10.1. The third-order valence-electron chi connectivity index (χ3n) is 3.76. The van der Waals surface area contributed by atoms with Gasteiger partial charge in [0.1, 0.15) is 6.26 Å². The van der Waals surface area contributed by atoms with Crippen LogP contribution in [0.2, 0.25) is 0 Å². The van der Waals surface area contributed by atoms with Gasteiger partial charge >= 0.3 is 0 Å². The molecular weight excluding hydrogens is 296 g/mol. The molecule has 0 aliphatic heterocycles. The molecule has 0 spiro atoms. The molecule has 0 unspecified atom stereocenters. The fourth-order valence-corrected chi connectivity index (χ4v) is 2.88. The van der Waals surface area contributed by atoms with Crippen molar-refractivity contribution in [1.29, 1.82) is 0 Å². The van der Waals surface area contributed by atoms with Gasteiger partial charge in [-0.2, -0.15) is 5.10 Å². The lowest BCUT2D eigenvalue weighted by molar-refractivity contribution is 0.363. The van der Waals surface area contributed by atoms with Gasteiger partial charge in [-0.3, -0.25) is 4.68 Å². The third kappa shape index (κ3) is 3.28. The van der Waals surface area contributed by atoms with Gasteiger partial charge in [-0.1, -0.05) is 6.07 Å². The second kappa shape index (κ2) is 6.46. The lowest BCUT2D eigenvalue weighted by Crippen LogP contribution is -2.33. The van der Waals surface area contributed by atoms with Crippen LogP contribution in [0.3, 0.4) is 0 Å². The van der Waals surface area contributed by atoms with E-state index in [0.717, 1.165) is 10.6 Å². The van der Waals surface area contributed by atoms with Crippen LogP contribution in [0.15, 0.2) is 40.6 Å². The van der Waals surface area contributed by atoms with Crippen LogP contribution >= 0.6 is 11.3 Å². The molecule has 0 radical (unpaired) electrons. The summed E-state index contributed by atoms with van der Waals surface area (Å²) in [5.41, 5.74) is 2.09. The van der Waals surface area contributed by atoms with Crippen LogP contribution < -0.4 is 5.32 Å². The van der Waals surface area contributed by atoms with E-state index in [2.05, 4.69) is 42.4 Å². The number of nitrogens with zero attached hydrogens (tertiary/aromatic N) is 3. The molecule has 0 aliphatic rings. The number of nitrogens with one attached hydrogen (secondary N) is 1. The van der Waals surface area contributed by atoms with Crippen molar-refractivity contribution in [2.45, 2.75) is 39.4 Å². The first-order valence-electron chi connectivity index (χ1n) is 7.36. The highest BCUT2D eigenvalue weighted by molar-refractivity contribution is 7.13. The first-order valence-corrected chi connectivity index (χ1v) is 8.24. The van der Waals surface area contributed by atoms with Crippen LogP contribution in [0.25, 0.3) is 10.8 Å². The van der Waals surface area contributed by atoms with Gasteiger partial charge in [-0.05, 0) is 37.8 Å². The standard InChI is InChI=1S/C16H20N4OS/c1-11-7-18-20(9-11)13(3)12(2)17-8-14-10-21-16(19-14)15-5-4-6-22-15/h4-7,9-10,12-13,17H,8H2,1-3H3/t12-,13+/m1/s1. The summed E-state index contributed by atoms with van der Waals surface area (Å²) in [6.07, 6.45) is 5.67. The largest absolute Gasteiger partial charge is 0.444 e. The molecule has 0 aromatic carbocycles. The number of rotatable bonds is 6. The molecule has 0 amide bonds. The van der Waals surface area contributed by atoms with Crippen molar-refractivity contribution in [1.82, 2.24) is 20.1 Å². The highest BCUT2D eigenvalue weighted by atomic mass is 32.1. The van der Waals surface area contributed by atoms with Crippen LogP contribution in [0, 0.1) is 6.92 Å². The van der Waals surface area contributed by atoms with E-state index in [1.54, 1.807) is 17.6 Å². The smallest absolute Gasteiger partial charge is 0.236 e. The van der Waals surface area contributed by atoms with Crippen molar-refractivity contribution in [2.24, 2.45) is 0 Å². The van der Waals surface area contributed by atoms with Crippen molar-refractivity contribution in [2.75, 3.05) is 0 Å². The first kappa shape index (κ1) is 15.0. The summed E-state index contributed by atoms with van der Waals surface area (Å²) in [5, 5.41) is 9.88. The minimum absolute atomic E-state index is 0.275. The molecule has 0 bridgehead atoms. The van der Waals surface area contributed by atoms with Crippen LogP contribution in [0.4, 0.5) is 0 Å². The van der Waals surface area contributed by atoms with Crippen molar-refractivity contribution >= 4 is 11.3 Å². The molecule has 3 rings (SSSR count). The second-order valence-electron chi connectivity index (χ2n) is 5.53. The van der Waals surface area contributed by atoms with E-state index >= 15 is 0 Å².